The monoisotopic (exact) mass is 256 g/mol. The first-order chi connectivity index (χ1) is 9.17. The van der Waals surface area contributed by atoms with Crippen molar-refractivity contribution in [1.82, 2.24) is 0 Å². The lowest BCUT2D eigenvalue weighted by molar-refractivity contribution is 0.467. The summed E-state index contributed by atoms with van der Waals surface area (Å²) in [5.74, 6) is -1.61. The zero-order chi connectivity index (χ0) is 13.8. The zero-order valence-corrected chi connectivity index (χ0v) is 9.52. The second-order valence-corrected chi connectivity index (χ2v) is 3.55. The van der Waals surface area contributed by atoms with Gasteiger partial charge in [-0.15, -0.1) is 0 Å². The maximum atomic E-state index is 13.4. The van der Waals surface area contributed by atoms with Gasteiger partial charge in [0.2, 0.25) is 0 Å². The highest BCUT2D eigenvalue weighted by Crippen LogP contribution is 2.29. The van der Waals surface area contributed by atoms with Crippen molar-refractivity contribution in [1.29, 1.82) is 10.5 Å². The van der Waals surface area contributed by atoms with Gasteiger partial charge >= 0.3 is 0 Å². The molecule has 0 heterocycles. The van der Waals surface area contributed by atoms with Crippen LogP contribution in [0.1, 0.15) is 11.1 Å². The van der Waals surface area contributed by atoms with Gasteiger partial charge in [0, 0.05) is 0 Å². The van der Waals surface area contributed by atoms with Gasteiger partial charge in [-0.05, 0) is 24.3 Å². The third kappa shape index (κ3) is 2.36. The third-order valence-electron chi connectivity index (χ3n) is 2.39. The number of ether oxygens (including phenoxy) is 1. The smallest absolute Gasteiger partial charge is 0.148 e. The Kier molecular flexibility index (Phi) is 3.40. The molecule has 0 saturated carbocycles. The van der Waals surface area contributed by atoms with Gasteiger partial charge in [-0.3, -0.25) is 0 Å². The standard InChI is InChI=1S/C14H6F2N2O/c15-11-3-1-5-13(9(11)7-17)19-14-6-2-4-12(16)10(14)8-18/h1-6H. The van der Waals surface area contributed by atoms with Gasteiger partial charge in [0.25, 0.3) is 0 Å². The van der Waals surface area contributed by atoms with Crippen LogP contribution in [-0.2, 0) is 0 Å². The van der Waals surface area contributed by atoms with Gasteiger partial charge < -0.3 is 4.74 Å². The summed E-state index contributed by atoms with van der Waals surface area (Å²) in [7, 11) is 0. The molecule has 5 heteroatoms. The summed E-state index contributed by atoms with van der Waals surface area (Å²) in [4.78, 5) is 0. The van der Waals surface area contributed by atoms with E-state index in [2.05, 4.69) is 0 Å². The Morgan fingerprint density at radius 3 is 1.58 bits per heavy atom. The lowest BCUT2D eigenvalue weighted by Crippen LogP contribution is -1.95. The molecule has 2 aromatic carbocycles. The van der Waals surface area contributed by atoms with Crippen molar-refractivity contribution < 1.29 is 13.5 Å². The first-order valence-corrected chi connectivity index (χ1v) is 5.22. The zero-order valence-electron chi connectivity index (χ0n) is 9.52. The SMILES string of the molecule is N#Cc1c(F)cccc1Oc1cccc(F)c1C#N. The van der Waals surface area contributed by atoms with Crippen molar-refractivity contribution in [2.45, 2.75) is 0 Å². The molecule has 0 amide bonds. The largest absolute Gasteiger partial charge is 0.454 e. The van der Waals surface area contributed by atoms with E-state index < -0.39 is 11.6 Å². The van der Waals surface area contributed by atoms with Crippen LogP contribution >= 0.6 is 0 Å². The first kappa shape index (κ1) is 12.5. The summed E-state index contributed by atoms with van der Waals surface area (Å²) in [5, 5.41) is 17.7. The van der Waals surface area contributed by atoms with Gasteiger partial charge in [-0.2, -0.15) is 10.5 Å². The minimum absolute atomic E-state index is 0.0652. The Bertz CT molecular complexity index is 653. The molecule has 3 nitrogen and oxygen atoms in total. The number of hydrogen-bond acceptors (Lipinski definition) is 3. The molecule has 2 rings (SSSR count). The average Bonchev–Trinajstić information content (AvgIpc) is 2.39. The molecule has 0 fully saturated rings. The molecule has 0 atom stereocenters. The lowest BCUT2D eigenvalue weighted by atomic mass is 10.2. The summed E-state index contributed by atoms with van der Waals surface area (Å²) in [6.45, 7) is 0. The van der Waals surface area contributed by atoms with Crippen LogP contribution in [0.2, 0.25) is 0 Å². The number of benzene rings is 2. The number of rotatable bonds is 2. The molecular weight excluding hydrogens is 250 g/mol. The second-order valence-electron chi connectivity index (χ2n) is 3.55. The van der Waals surface area contributed by atoms with Crippen LogP contribution in [-0.4, -0.2) is 0 Å². The molecule has 0 aliphatic rings. The Hall–Kier alpha value is -2.92. The van der Waals surface area contributed by atoms with E-state index in [1.807, 2.05) is 0 Å². The molecule has 0 aliphatic heterocycles. The molecule has 0 saturated heterocycles. The Balaban J connectivity index is 2.50. The van der Waals surface area contributed by atoms with Gasteiger partial charge in [-0.25, -0.2) is 8.78 Å². The lowest BCUT2D eigenvalue weighted by Gasteiger charge is -2.09. The van der Waals surface area contributed by atoms with E-state index in [-0.39, 0.29) is 22.6 Å². The first-order valence-electron chi connectivity index (χ1n) is 5.22. The van der Waals surface area contributed by atoms with Crippen molar-refractivity contribution in [3.05, 3.63) is 59.2 Å². The number of nitrogens with zero attached hydrogens (tertiary/aromatic N) is 2. The fourth-order valence-corrected chi connectivity index (χ4v) is 1.51. The van der Waals surface area contributed by atoms with Gasteiger partial charge in [0.15, 0.2) is 0 Å². The predicted molar refractivity (Wildman–Crippen MR) is 62.3 cm³/mol. The minimum Gasteiger partial charge on any atom is -0.454 e. The summed E-state index contributed by atoms with van der Waals surface area (Å²) in [5.41, 5.74) is -0.591. The highest BCUT2D eigenvalue weighted by Gasteiger charge is 2.14. The number of nitriles is 2. The van der Waals surface area contributed by atoms with Crippen molar-refractivity contribution in [2.24, 2.45) is 0 Å². The maximum Gasteiger partial charge on any atom is 0.148 e. The molecule has 0 aliphatic carbocycles. The fraction of sp³-hybridized carbons (Fsp3) is 0. The Morgan fingerprint density at radius 1 is 0.789 bits per heavy atom. The molecular formula is C14H6F2N2O. The molecule has 0 aromatic heterocycles. The highest BCUT2D eigenvalue weighted by atomic mass is 19.1. The van der Waals surface area contributed by atoms with E-state index in [1.165, 1.54) is 24.3 Å². The van der Waals surface area contributed by atoms with Crippen molar-refractivity contribution in [3.8, 4) is 23.6 Å². The molecule has 0 spiro atoms. The molecule has 2 aromatic rings. The van der Waals surface area contributed by atoms with Crippen LogP contribution in [0.15, 0.2) is 36.4 Å². The average molecular weight is 256 g/mol. The van der Waals surface area contributed by atoms with Crippen LogP contribution in [0.25, 0.3) is 0 Å². The molecule has 0 unspecified atom stereocenters. The van der Waals surface area contributed by atoms with Crippen LogP contribution in [0, 0.1) is 34.3 Å². The molecule has 19 heavy (non-hydrogen) atoms. The van der Waals surface area contributed by atoms with Gasteiger partial charge in [-0.1, -0.05) is 12.1 Å². The van der Waals surface area contributed by atoms with E-state index in [4.69, 9.17) is 15.3 Å². The topological polar surface area (TPSA) is 56.8 Å². The van der Waals surface area contributed by atoms with Crippen molar-refractivity contribution in [3.63, 3.8) is 0 Å². The molecule has 0 bridgehead atoms. The van der Waals surface area contributed by atoms with E-state index in [0.29, 0.717) is 0 Å². The second kappa shape index (κ2) is 5.16. The molecule has 0 radical (unpaired) electrons. The molecule has 92 valence electrons. The summed E-state index contributed by atoms with van der Waals surface area (Å²) in [6.07, 6.45) is 0. The summed E-state index contributed by atoms with van der Waals surface area (Å²) in [6, 6.07) is 11.0. The van der Waals surface area contributed by atoms with Crippen LogP contribution in [0.3, 0.4) is 0 Å². The van der Waals surface area contributed by atoms with E-state index >= 15 is 0 Å². The summed E-state index contributed by atoms with van der Waals surface area (Å²) >= 11 is 0. The normalized spacial score (nSPS) is 9.47. The quantitative estimate of drug-likeness (QED) is 0.826. The molecule has 0 N–H and O–H groups in total. The van der Waals surface area contributed by atoms with Crippen molar-refractivity contribution in [2.75, 3.05) is 0 Å². The number of hydrogen-bond donors (Lipinski definition) is 0. The van der Waals surface area contributed by atoms with E-state index in [9.17, 15) is 8.78 Å². The van der Waals surface area contributed by atoms with E-state index in [0.717, 1.165) is 12.1 Å². The van der Waals surface area contributed by atoms with Gasteiger partial charge in [0.05, 0.1) is 0 Å². The van der Waals surface area contributed by atoms with Gasteiger partial charge in [0.1, 0.15) is 46.4 Å². The van der Waals surface area contributed by atoms with E-state index in [1.54, 1.807) is 12.1 Å². The number of halogens is 2. The van der Waals surface area contributed by atoms with Crippen LogP contribution < -0.4 is 4.74 Å². The van der Waals surface area contributed by atoms with Crippen LogP contribution in [0.5, 0.6) is 11.5 Å². The van der Waals surface area contributed by atoms with Crippen LogP contribution in [0.4, 0.5) is 8.78 Å². The maximum absolute atomic E-state index is 13.4. The Labute approximate surface area is 107 Å². The predicted octanol–water partition coefficient (Wildman–Crippen LogP) is 3.50. The highest BCUT2D eigenvalue weighted by molar-refractivity contribution is 5.50. The third-order valence-corrected chi connectivity index (χ3v) is 2.39. The minimum atomic E-state index is -0.741. The van der Waals surface area contributed by atoms with Crippen molar-refractivity contribution >= 4 is 0 Å². The summed E-state index contributed by atoms with van der Waals surface area (Å²) < 4.78 is 32.0. The Morgan fingerprint density at radius 2 is 1.21 bits per heavy atom. The fourth-order valence-electron chi connectivity index (χ4n) is 1.51.